The first-order valence-corrected chi connectivity index (χ1v) is 6.01. The van der Waals surface area contributed by atoms with Crippen LogP contribution in [0.4, 0.5) is 10.1 Å². The van der Waals surface area contributed by atoms with Crippen LogP contribution in [-0.4, -0.2) is 18.9 Å². The van der Waals surface area contributed by atoms with Crippen LogP contribution in [0.1, 0.15) is 20.3 Å². The van der Waals surface area contributed by atoms with Gasteiger partial charge in [0, 0.05) is 30.6 Å². The topological polar surface area (TPSA) is 20.3 Å². The minimum absolute atomic E-state index is 0.122. The molecule has 0 unspecified atom stereocenters. The highest BCUT2D eigenvalue weighted by Crippen LogP contribution is 2.30. The molecule has 0 amide bonds. The fourth-order valence-electron chi connectivity index (χ4n) is 2.12. The van der Waals surface area contributed by atoms with Gasteiger partial charge in [-0.05, 0) is 18.2 Å². The standard InChI is InChI=1S/C13H15ClFNO/c1-13(2)8-16(6-5-12(13)17)9-3-4-11(15)10(14)7-9/h3-4,7H,5-6,8H2,1-2H3. The summed E-state index contributed by atoms with van der Waals surface area (Å²) in [5.41, 5.74) is 0.524. The van der Waals surface area contributed by atoms with E-state index in [0.29, 0.717) is 19.5 Å². The van der Waals surface area contributed by atoms with Crippen molar-refractivity contribution in [2.24, 2.45) is 5.41 Å². The molecule has 0 aromatic heterocycles. The zero-order valence-corrected chi connectivity index (χ0v) is 10.7. The SMILES string of the molecule is CC1(C)CN(c2ccc(F)c(Cl)c2)CCC1=O. The van der Waals surface area contributed by atoms with Gasteiger partial charge in [-0.25, -0.2) is 4.39 Å². The Morgan fingerprint density at radius 1 is 1.41 bits per heavy atom. The highest BCUT2D eigenvalue weighted by Gasteiger charge is 2.34. The average molecular weight is 256 g/mol. The third-order valence-electron chi connectivity index (χ3n) is 3.22. The third-order valence-corrected chi connectivity index (χ3v) is 3.51. The van der Waals surface area contributed by atoms with Gasteiger partial charge in [0.2, 0.25) is 0 Å². The van der Waals surface area contributed by atoms with Crippen molar-refractivity contribution in [2.45, 2.75) is 20.3 Å². The Hall–Kier alpha value is -1.09. The molecule has 17 heavy (non-hydrogen) atoms. The number of piperidine rings is 1. The molecule has 1 aromatic carbocycles. The van der Waals surface area contributed by atoms with Crippen LogP contribution in [0, 0.1) is 11.2 Å². The minimum Gasteiger partial charge on any atom is -0.370 e. The van der Waals surface area contributed by atoms with E-state index in [2.05, 4.69) is 4.90 Å². The van der Waals surface area contributed by atoms with E-state index in [0.717, 1.165) is 5.69 Å². The summed E-state index contributed by atoms with van der Waals surface area (Å²) in [6.07, 6.45) is 0.530. The first kappa shape index (κ1) is 12.4. The summed E-state index contributed by atoms with van der Waals surface area (Å²) < 4.78 is 13.1. The van der Waals surface area contributed by atoms with Gasteiger partial charge >= 0.3 is 0 Å². The lowest BCUT2D eigenvalue weighted by Gasteiger charge is -2.38. The number of Topliss-reactive ketones (excluding diaryl/α,β-unsaturated/α-hetero) is 1. The minimum atomic E-state index is -0.414. The van der Waals surface area contributed by atoms with Crippen molar-refractivity contribution in [3.8, 4) is 0 Å². The van der Waals surface area contributed by atoms with Crippen molar-refractivity contribution in [2.75, 3.05) is 18.0 Å². The first-order chi connectivity index (χ1) is 7.90. The zero-order valence-electron chi connectivity index (χ0n) is 9.96. The molecule has 0 N–H and O–H groups in total. The number of anilines is 1. The summed E-state index contributed by atoms with van der Waals surface area (Å²) in [7, 11) is 0. The Balaban J connectivity index is 2.23. The summed E-state index contributed by atoms with van der Waals surface area (Å²) in [6, 6.07) is 4.68. The third kappa shape index (κ3) is 2.44. The van der Waals surface area contributed by atoms with Crippen LogP contribution in [0.3, 0.4) is 0 Å². The number of hydrogen-bond acceptors (Lipinski definition) is 2. The second-order valence-corrected chi connectivity index (χ2v) is 5.48. The van der Waals surface area contributed by atoms with Gasteiger partial charge in [-0.3, -0.25) is 4.79 Å². The number of benzene rings is 1. The van der Waals surface area contributed by atoms with E-state index in [-0.39, 0.29) is 16.2 Å². The fourth-order valence-corrected chi connectivity index (χ4v) is 2.30. The molecule has 0 saturated carbocycles. The second-order valence-electron chi connectivity index (χ2n) is 5.08. The quantitative estimate of drug-likeness (QED) is 0.768. The molecule has 0 atom stereocenters. The molecular weight excluding hydrogens is 241 g/mol. The van der Waals surface area contributed by atoms with Gasteiger partial charge in [-0.2, -0.15) is 0 Å². The number of carbonyl (C=O) groups excluding carboxylic acids is 1. The van der Waals surface area contributed by atoms with Crippen LogP contribution < -0.4 is 4.90 Å². The molecule has 1 aromatic rings. The van der Waals surface area contributed by atoms with Crippen LogP contribution in [-0.2, 0) is 4.79 Å². The van der Waals surface area contributed by atoms with Gasteiger partial charge in [0.1, 0.15) is 11.6 Å². The monoisotopic (exact) mass is 255 g/mol. The van der Waals surface area contributed by atoms with E-state index < -0.39 is 5.82 Å². The molecule has 1 aliphatic heterocycles. The molecule has 1 fully saturated rings. The Kier molecular flexibility index (Phi) is 3.13. The predicted octanol–water partition coefficient (Wildman–Crippen LogP) is 3.28. The molecule has 2 nitrogen and oxygen atoms in total. The number of hydrogen-bond donors (Lipinski definition) is 0. The summed E-state index contributed by atoms with van der Waals surface area (Å²) >= 11 is 5.76. The van der Waals surface area contributed by atoms with Crippen LogP contribution in [0.5, 0.6) is 0 Å². The maximum Gasteiger partial charge on any atom is 0.142 e. The summed E-state index contributed by atoms with van der Waals surface area (Å²) in [4.78, 5) is 13.8. The zero-order chi connectivity index (χ0) is 12.6. The van der Waals surface area contributed by atoms with Crippen LogP contribution in [0.2, 0.25) is 5.02 Å². The lowest BCUT2D eigenvalue weighted by molar-refractivity contribution is -0.127. The number of nitrogens with zero attached hydrogens (tertiary/aromatic N) is 1. The molecule has 0 radical (unpaired) electrons. The van der Waals surface area contributed by atoms with Gasteiger partial charge in [0.25, 0.3) is 0 Å². The Labute approximate surface area is 105 Å². The number of carbonyl (C=O) groups is 1. The van der Waals surface area contributed by atoms with Crippen molar-refractivity contribution < 1.29 is 9.18 Å². The van der Waals surface area contributed by atoms with Crippen LogP contribution in [0.15, 0.2) is 18.2 Å². The van der Waals surface area contributed by atoms with E-state index >= 15 is 0 Å². The van der Waals surface area contributed by atoms with Gasteiger partial charge in [0.15, 0.2) is 0 Å². The number of halogens is 2. The number of rotatable bonds is 1. The molecule has 92 valence electrons. The molecular formula is C13H15ClFNO. The van der Waals surface area contributed by atoms with Crippen molar-refractivity contribution in [1.82, 2.24) is 0 Å². The van der Waals surface area contributed by atoms with Crippen molar-refractivity contribution >= 4 is 23.1 Å². The van der Waals surface area contributed by atoms with E-state index in [4.69, 9.17) is 11.6 Å². The molecule has 1 saturated heterocycles. The smallest absolute Gasteiger partial charge is 0.142 e. The predicted molar refractivity (Wildman–Crippen MR) is 67.0 cm³/mol. The lowest BCUT2D eigenvalue weighted by atomic mass is 9.82. The van der Waals surface area contributed by atoms with Crippen molar-refractivity contribution in [3.05, 3.63) is 29.0 Å². The Morgan fingerprint density at radius 2 is 2.12 bits per heavy atom. The molecule has 2 rings (SSSR count). The fraction of sp³-hybridized carbons (Fsp3) is 0.462. The van der Waals surface area contributed by atoms with Gasteiger partial charge in [-0.1, -0.05) is 25.4 Å². The van der Waals surface area contributed by atoms with E-state index in [9.17, 15) is 9.18 Å². The van der Waals surface area contributed by atoms with E-state index in [1.54, 1.807) is 12.1 Å². The summed E-state index contributed by atoms with van der Waals surface area (Å²) in [5.74, 6) is -0.135. The highest BCUT2D eigenvalue weighted by atomic mass is 35.5. The summed E-state index contributed by atoms with van der Waals surface area (Å²) in [6.45, 7) is 5.19. The lowest BCUT2D eigenvalue weighted by Crippen LogP contribution is -2.46. The molecule has 0 aliphatic carbocycles. The molecule has 0 bridgehead atoms. The summed E-state index contributed by atoms with van der Waals surface area (Å²) in [5, 5.41) is 0.122. The van der Waals surface area contributed by atoms with Gasteiger partial charge < -0.3 is 4.90 Å². The molecule has 4 heteroatoms. The van der Waals surface area contributed by atoms with E-state index in [1.165, 1.54) is 6.07 Å². The Bertz CT molecular complexity index is 459. The molecule has 1 heterocycles. The van der Waals surface area contributed by atoms with E-state index in [1.807, 2.05) is 13.8 Å². The maximum absolute atomic E-state index is 13.1. The normalized spacial score (nSPS) is 19.5. The first-order valence-electron chi connectivity index (χ1n) is 5.63. The van der Waals surface area contributed by atoms with Crippen LogP contribution in [0.25, 0.3) is 0 Å². The highest BCUT2D eigenvalue weighted by molar-refractivity contribution is 6.31. The Morgan fingerprint density at radius 3 is 2.71 bits per heavy atom. The van der Waals surface area contributed by atoms with Crippen LogP contribution >= 0.6 is 11.6 Å². The molecule has 0 spiro atoms. The van der Waals surface area contributed by atoms with Crippen molar-refractivity contribution in [1.29, 1.82) is 0 Å². The second kappa shape index (κ2) is 4.30. The largest absolute Gasteiger partial charge is 0.370 e. The average Bonchev–Trinajstić information content (AvgIpc) is 2.26. The number of ketones is 1. The molecule has 1 aliphatic rings. The van der Waals surface area contributed by atoms with Crippen molar-refractivity contribution in [3.63, 3.8) is 0 Å². The van der Waals surface area contributed by atoms with Gasteiger partial charge in [-0.15, -0.1) is 0 Å². The maximum atomic E-state index is 13.1. The van der Waals surface area contributed by atoms with Gasteiger partial charge in [0.05, 0.1) is 5.02 Å².